The number of hydrogen-bond donors (Lipinski definition) is 1. The molecule has 0 aliphatic heterocycles. The Morgan fingerprint density at radius 2 is 1.88 bits per heavy atom. The second kappa shape index (κ2) is 5.01. The standard InChI is InChI=1S/C14H18N2O/c1-5-14(4,9-15)16-13(17)12-7-10(2)6-11(3)8-12/h6-8H,5H2,1-4H3,(H,16,17)/t14-/m0/s1. The van der Waals surface area contributed by atoms with E-state index in [4.69, 9.17) is 5.26 Å². The van der Waals surface area contributed by atoms with E-state index in [-0.39, 0.29) is 5.91 Å². The van der Waals surface area contributed by atoms with Gasteiger partial charge in [-0.3, -0.25) is 4.79 Å². The normalized spacial score (nSPS) is 13.6. The molecule has 1 aromatic carbocycles. The lowest BCUT2D eigenvalue weighted by atomic mass is 9.99. The van der Waals surface area contributed by atoms with Crippen LogP contribution in [0, 0.1) is 25.2 Å². The zero-order valence-electron chi connectivity index (χ0n) is 10.8. The van der Waals surface area contributed by atoms with E-state index >= 15 is 0 Å². The molecule has 0 bridgehead atoms. The molecule has 0 aliphatic rings. The number of aryl methyl sites for hydroxylation is 2. The molecule has 1 atom stereocenters. The summed E-state index contributed by atoms with van der Waals surface area (Å²) in [5, 5.41) is 11.8. The number of benzene rings is 1. The van der Waals surface area contributed by atoms with E-state index in [2.05, 4.69) is 11.4 Å². The molecule has 3 nitrogen and oxygen atoms in total. The van der Waals surface area contributed by atoms with Crippen molar-refractivity contribution < 1.29 is 4.79 Å². The average Bonchev–Trinajstić information content (AvgIpc) is 2.27. The van der Waals surface area contributed by atoms with Crippen molar-refractivity contribution in [3.05, 3.63) is 34.9 Å². The first kappa shape index (κ1) is 13.2. The number of carbonyl (C=O) groups excluding carboxylic acids is 1. The van der Waals surface area contributed by atoms with E-state index in [1.807, 2.05) is 39.0 Å². The monoisotopic (exact) mass is 230 g/mol. The first-order chi connectivity index (χ1) is 7.90. The lowest BCUT2D eigenvalue weighted by Gasteiger charge is -2.21. The minimum absolute atomic E-state index is 0.192. The predicted octanol–water partition coefficient (Wildman–Crippen LogP) is 2.73. The van der Waals surface area contributed by atoms with Crippen molar-refractivity contribution >= 4 is 5.91 Å². The van der Waals surface area contributed by atoms with Crippen molar-refractivity contribution in [2.24, 2.45) is 0 Å². The van der Waals surface area contributed by atoms with Gasteiger partial charge in [0.2, 0.25) is 0 Å². The van der Waals surface area contributed by atoms with Gasteiger partial charge < -0.3 is 5.32 Å². The Kier molecular flexibility index (Phi) is 3.90. The lowest BCUT2D eigenvalue weighted by molar-refractivity contribution is 0.0923. The van der Waals surface area contributed by atoms with Gasteiger partial charge in [0, 0.05) is 5.56 Å². The summed E-state index contributed by atoms with van der Waals surface area (Å²) in [5.74, 6) is -0.192. The van der Waals surface area contributed by atoms with Crippen LogP contribution >= 0.6 is 0 Å². The Morgan fingerprint density at radius 3 is 2.29 bits per heavy atom. The predicted molar refractivity (Wildman–Crippen MR) is 67.7 cm³/mol. The molecule has 1 aromatic rings. The van der Waals surface area contributed by atoms with E-state index in [0.717, 1.165) is 11.1 Å². The highest BCUT2D eigenvalue weighted by atomic mass is 16.1. The number of rotatable bonds is 3. The maximum atomic E-state index is 12.0. The average molecular weight is 230 g/mol. The van der Waals surface area contributed by atoms with Crippen molar-refractivity contribution in [1.82, 2.24) is 5.32 Å². The molecule has 1 rings (SSSR count). The summed E-state index contributed by atoms with van der Waals surface area (Å²) in [7, 11) is 0. The summed E-state index contributed by atoms with van der Waals surface area (Å²) >= 11 is 0. The topological polar surface area (TPSA) is 52.9 Å². The second-order valence-electron chi connectivity index (χ2n) is 4.63. The number of carbonyl (C=O) groups is 1. The zero-order valence-corrected chi connectivity index (χ0v) is 10.8. The summed E-state index contributed by atoms with van der Waals surface area (Å²) in [6.45, 7) is 7.51. The van der Waals surface area contributed by atoms with Gasteiger partial charge in [-0.15, -0.1) is 0 Å². The fourth-order valence-electron chi connectivity index (χ4n) is 1.62. The van der Waals surface area contributed by atoms with Gasteiger partial charge in [0.1, 0.15) is 5.54 Å². The van der Waals surface area contributed by atoms with E-state index in [9.17, 15) is 4.79 Å². The first-order valence-electron chi connectivity index (χ1n) is 5.72. The van der Waals surface area contributed by atoms with Crippen LogP contribution in [0.1, 0.15) is 41.8 Å². The highest BCUT2D eigenvalue weighted by Crippen LogP contribution is 2.12. The second-order valence-corrected chi connectivity index (χ2v) is 4.63. The SMILES string of the molecule is CC[C@@](C)(C#N)NC(=O)c1cc(C)cc(C)c1. The van der Waals surface area contributed by atoms with Crippen molar-refractivity contribution in [3.8, 4) is 6.07 Å². The van der Waals surface area contributed by atoms with Crippen LogP contribution in [0.5, 0.6) is 0 Å². The molecule has 1 amide bonds. The minimum atomic E-state index is -0.797. The van der Waals surface area contributed by atoms with Gasteiger partial charge in [-0.2, -0.15) is 5.26 Å². The molecule has 90 valence electrons. The van der Waals surface area contributed by atoms with E-state index in [1.165, 1.54) is 0 Å². The molecule has 1 N–H and O–H groups in total. The van der Waals surface area contributed by atoms with Crippen molar-refractivity contribution in [2.45, 2.75) is 39.7 Å². The third-order valence-corrected chi connectivity index (χ3v) is 2.83. The van der Waals surface area contributed by atoms with Gasteiger partial charge in [0.05, 0.1) is 6.07 Å². The van der Waals surface area contributed by atoms with Gasteiger partial charge in [-0.05, 0) is 39.3 Å². The molecule has 0 aliphatic carbocycles. The van der Waals surface area contributed by atoms with Crippen molar-refractivity contribution in [2.75, 3.05) is 0 Å². The molecule has 0 radical (unpaired) electrons. The minimum Gasteiger partial charge on any atom is -0.334 e. The van der Waals surface area contributed by atoms with Crippen LogP contribution in [-0.2, 0) is 0 Å². The molecule has 3 heteroatoms. The van der Waals surface area contributed by atoms with Crippen LogP contribution in [0.25, 0.3) is 0 Å². The van der Waals surface area contributed by atoms with Crippen LogP contribution in [-0.4, -0.2) is 11.4 Å². The first-order valence-corrected chi connectivity index (χ1v) is 5.72. The molecular formula is C14H18N2O. The molecule has 0 unspecified atom stereocenters. The van der Waals surface area contributed by atoms with E-state index in [0.29, 0.717) is 12.0 Å². The Labute approximate surface area is 102 Å². The fraction of sp³-hybridized carbons (Fsp3) is 0.429. The quantitative estimate of drug-likeness (QED) is 0.868. The summed E-state index contributed by atoms with van der Waals surface area (Å²) < 4.78 is 0. The summed E-state index contributed by atoms with van der Waals surface area (Å²) in [6, 6.07) is 7.80. The van der Waals surface area contributed by atoms with Crippen LogP contribution in [0.3, 0.4) is 0 Å². The van der Waals surface area contributed by atoms with Gasteiger partial charge in [0.25, 0.3) is 5.91 Å². The molecule has 0 heterocycles. The highest BCUT2D eigenvalue weighted by molar-refractivity contribution is 5.95. The molecule has 0 saturated heterocycles. The number of nitrogens with one attached hydrogen (secondary N) is 1. The van der Waals surface area contributed by atoms with Gasteiger partial charge in [-0.1, -0.05) is 24.1 Å². The smallest absolute Gasteiger partial charge is 0.252 e. The van der Waals surface area contributed by atoms with Crippen LogP contribution in [0.2, 0.25) is 0 Å². The van der Waals surface area contributed by atoms with Crippen LogP contribution in [0.15, 0.2) is 18.2 Å². The Hall–Kier alpha value is -1.82. The van der Waals surface area contributed by atoms with E-state index in [1.54, 1.807) is 6.92 Å². The van der Waals surface area contributed by atoms with Gasteiger partial charge >= 0.3 is 0 Å². The number of hydrogen-bond acceptors (Lipinski definition) is 2. The summed E-state index contributed by atoms with van der Waals surface area (Å²) in [4.78, 5) is 12.0. The van der Waals surface area contributed by atoms with Crippen molar-refractivity contribution in [1.29, 1.82) is 5.26 Å². The number of nitriles is 1. The number of nitrogens with zero attached hydrogens (tertiary/aromatic N) is 1. The van der Waals surface area contributed by atoms with Crippen LogP contribution < -0.4 is 5.32 Å². The maximum Gasteiger partial charge on any atom is 0.252 e. The maximum absolute atomic E-state index is 12.0. The zero-order chi connectivity index (χ0) is 13.1. The molecule has 0 saturated carbocycles. The molecular weight excluding hydrogens is 212 g/mol. The molecule has 17 heavy (non-hydrogen) atoms. The third-order valence-electron chi connectivity index (χ3n) is 2.83. The Bertz CT molecular complexity index is 453. The lowest BCUT2D eigenvalue weighted by Crippen LogP contribution is -2.44. The fourth-order valence-corrected chi connectivity index (χ4v) is 1.62. The van der Waals surface area contributed by atoms with Crippen molar-refractivity contribution in [3.63, 3.8) is 0 Å². The molecule has 0 aromatic heterocycles. The number of amides is 1. The van der Waals surface area contributed by atoms with Gasteiger partial charge in [-0.25, -0.2) is 0 Å². The summed E-state index contributed by atoms with van der Waals surface area (Å²) in [5.41, 5.74) is 1.91. The van der Waals surface area contributed by atoms with Gasteiger partial charge in [0.15, 0.2) is 0 Å². The van der Waals surface area contributed by atoms with Crippen LogP contribution in [0.4, 0.5) is 0 Å². The Balaban J connectivity index is 2.95. The Morgan fingerprint density at radius 1 is 1.35 bits per heavy atom. The summed E-state index contributed by atoms with van der Waals surface area (Å²) in [6.07, 6.45) is 0.583. The van der Waals surface area contributed by atoms with E-state index < -0.39 is 5.54 Å². The molecule has 0 fully saturated rings. The largest absolute Gasteiger partial charge is 0.334 e. The third kappa shape index (κ3) is 3.32. The molecule has 0 spiro atoms. The highest BCUT2D eigenvalue weighted by Gasteiger charge is 2.24.